The summed E-state index contributed by atoms with van der Waals surface area (Å²) in [5.74, 6) is -2.23. The summed E-state index contributed by atoms with van der Waals surface area (Å²) in [6.45, 7) is 1.62. The smallest absolute Gasteiger partial charge is 0.335 e. The van der Waals surface area contributed by atoms with Gasteiger partial charge in [-0.25, -0.2) is 9.59 Å². The number of hydrogen-bond donors (Lipinski definition) is 3. The zero-order valence-electron chi connectivity index (χ0n) is 8.52. The molecule has 82 valence electrons. The van der Waals surface area contributed by atoms with E-state index >= 15 is 0 Å². The van der Waals surface area contributed by atoms with Crippen molar-refractivity contribution in [2.24, 2.45) is 5.73 Å². The van der Waals surface area contributed by atoms with E-state index in [-0.39, 0.29) is 11.1 Å². The molecule has 0 unspecified atom stereocenters. The Hall–Kier alpha value is -1.88. The van der Waals surface area contributed by atoms with Crippen LogP contribution in [0.2, 0.25) is 0 Å². The second-order valence-electron chi connectivity index (χ2n) is 2.64. The van der Waals surface area contributed by atoms with Gasteiger partial charge in [-0.3, -0.25) is 0 Å². The number of hydrogen-bond acceptors (Lipinski definition) is 3. The summed E-state index contributed by atoms with van der Waals surface area (Å²) in [6, 6.07) is 4.01. The molecule has 0 aliphatic rings. The van der Waals surface area contributed by atoms with Crippen LogP contribution in [0.3, 0.4) is 0 Å². The highest BCUT2D eigenvalue weighted by atomic mass is 16.4. The van der Waals surface area contributed by atoms with Gasteiger partial charge in [-0.1, -0.05) is 6.07 Å². The molecule has 0 saturated carbocycles. The van der Waals surface area contributed by atoms with Gasteiger partial charge in [-0.2, -0.15) is 0 Å². The lowest BCUT2D eigenvalue weighted by atomic mass is 10.1. The average Bonchev–Trinajstić information content (AvgIpc) is 2.20. The third-order valence-corrected chi connectivity index (χ3v) is 1.71. The zero-order chi connectivity index (χ0) is 12.0. The molecule has 0 bridgehead atoms. The number of rotatable bonds is 2. The van der Waals surface area contributed by atoms with Crippen LogP contribution in [0.15, 0.2) is 18.2 Å². The number of benzene rings is 1. The van der Waals surface area contributed by atoms with E-state index in [1.54, 1.807) is 6.92 Å². The maximum Gasteiger partial charge on any atom is 0.335 e. The van der Waals surface area contributed by atoms with Crippen LogP contribution in [-0.4, -0.2) is 29.2 Å². The second-order valence-corrected chi connectivity index (χ2v) is 2.64. The fraction of sp³-hybridized carbons (Fsp3) is 0.200. The van der Waals surface area contributed by atoms with Crippen molar-refractivity contribution in [1.29, 1.82) is 0 Å². The molecule has 1 aromatic rings. The predicted octanol–water partition coefficient (Wildman–Crippen LogP) is 0.966. The quantitative estimate of drug-likeness (QED) is 0.676. The molecule has 0 aromatic heterocycles. The van der Waals surface area contributed by atoms with Gasteiger partial charge < -0.3 is 15.9 Å². The van der Waals surface area contributed by atoms with E-state index in [0.29, 0.717) is 5.56 Å². The van der Waals surface area contributed by atoms with Crippen LogP contribution in [0.5, 0.6) is 0 Å². The van der Waals surface area contributed by atoms with Crippen LogP contribution in [-0.2, 0) is 0 Å². The van der Waals surface area contributed by atoms with Gasteiger partial charge in [0, 0.05) is 0 Å². The summed E-state index contributed by atoms with van der Waals surface area (Å²) in [6.07, 6.45) is 0. The fourth-order valence-electron chi connectivity index (χ4n) is 0.985. The Kier molecular flexibility index (Phi) is 5.04. The van der Waals surface area contributed by atoms with Crippen molar-refractivity contribution in [3.63, 3.8) is 0 Å². The molecular weight excluding hydrogens is 198 g/mol. The van der Waals surface area contributed by atoms with Crippen LogP contribution in [0.1, 0.15) is 26.3 Å². The number of carboxylic acid groups (broad SMARTS) is 2. The maximum atomic E-state index is 10.6. The van der Waals surface area contributed by atoms with Crippen molar-refractivity contribution in [2.45, 2.75) is 6.92 Å². The molecule has 0 amide bonds. The Morgan fingerprint density at radius 1 is 1.13 bits per heavy atom. The molecule has 0 radical (unpaired) electrons. The van der Waals surface area contributed by atoms with Crippen molar-refractivity contribution in [3.8, 4) is 0 Å². The van der Waals surface area contributed by atoms with E-state index in [1.807, 2.05) is 0 Å². The Balaban J connectivity index is 0.000000921. The Morgan fingerprint density at radius 2 is 1.67 bits per heavy atom. The molecule has 1 rings (SSSR count). The Labute approximate surface area is 87.1 Å². The van der Waals surface area contributed by atoms with Gasteiger partial charge >= 0.3 is 11.9 Å². The van der Waals surface area contributed by atoms with E-state index in [4.69, 9.17) is 10.2 Å². The minimum absolute atomic E-state index is 0.0111. The van der Waals surface area contributed by atoms with Gasteiger partial charge in [-0.05, 0) is 31.7 Å². The maximum absolute atomic E-state index is 10.6. The van der Waals surface area contributed by atoms with E-state index in [0.717, 1.165) is 6.07 Å². The van der Waals surface area contributed by atoms with Crippen LogP contribution >= 0.6 is 0 Å². The van der Waals surface area contributed by atoms with E-state index in [1.165, 1.54) is 19.2 Å². The molecule has 0 aliphatic carbocycles. The highest BCUT2D eigenvalue weighted by Gasteiger charge is 2.10. The highest BCUT2D eigenvalue weighted by Crippen LogP contribution is 2.10. The van der Waals surface area contributed by atoms with Gasteiger partial charge in [0.1, 0.15) is 0 Å². The monoisotopic (exact) mass is 211 g/mol. The van der Waals surface area contributed by atoms with Crippen LogP contribution in [0, 0.1) is 6.92 Å². The summed E-state index contributed by atoms with van der Waals surface area (Å²) in [5.41, 5.74) is 5.07. The molecule has 0 saturated heterocycles. The minimum Gasteiger partial charge on any atom is -0.478 e. The van der Waals surface area contributed by atoms with Gasteiger partial charge in [0.2, 0.25) is 0 Å². The van der Waals surface area contributed by atoms with E-state index in [2.05, 4.69) is 5.73 Å². The zero-order valence-corrected chi connectivity index (χ0v) is 8.52. The molecule has 5 heteroatoms. The lowest BCUT2D eigenvalue weighted by Gasteiger charge is -2.01. The number of nitrogens with two attached hydrogens (primary N) is 1. The minimum atomic E-state index is -1.12. The molecule has 4 N–H and O–H groups in total. The summed E-state index contributed by atoms with van der Waals surface area (Å²) in [4.78, 5) is 21.1. The molecule has 0 heterocycles. The first kappa shape index (κ1) is 13.1. The normalized spacial score (nSPS) is 8.73. The SMILES string of the molecule is CN.Cc1ccc(C(=O)O)cc1C(=O)O. The largest absolute Gasteiger partial charge is 0.478 e. The molecule has 0 atom stereocenters. The first-order chi connectivity index (χ1) is 7.02. The molecule has 5 nitrogen and oxygen atoms in total. The third kappa shape index (κ3) is 3.40. The predicted molar refractivity (Wildman–Crippen MR) is 55.2 cm³/mol. The first-order valence-corrected chi connectivity index (χ1v) is 4.17. The van der Waals surface area contributed by atoms with Crippen molar-refractivity contribution >= 4 is 11.9 Å². The lowest BCUT2D eigenvalue weighted by Crippen LogP contribution is -2.03. The van der Waals surface area contributed by atoms with Gasteiger partial charge in [0.15, 0.2) is 0 Å². The van der Waals surface area contributed by atoms with Gasteiger partial charge in [0.25, 0.3) is 0 Å². The van der Waals surface area contributed by atoms with Crippen molar-refractivity contribution < 1.29 is 19.8 Å². The number of carboxylic acids is 2. The van der Waals surface area contributed by atoms with Gasteiger partial charge in [0.05, 0.1) is 11.1 Å². The Morgan fingerprint density at radius 3 is 2.07 bits per heavy atom. The molecule has 1 aromatic carbocycles. The van der Waals surface area contributed by atoms with Crippen LogP contribution in [0.4, 0.5) is 0 Å². The second kappa shape index (κ2) is 5.77. The van der Waals surface area contributed by atoms with Crippen molar-refractivity contribution in [3.05, 3.63) is 34.9 Å². The molecule has 0 fully saturated rings. The lowest BCUT2D eigenvalue weighted by molar-refractivity contribution is 0.0695. The van der Waals surface area contributed by atoms with Crippen molar-refractivity contribution in [1.82, 2.24) is 0 Å². The highest BCUT2D eigenvalue weighted by molar-refractivity contribution is 5.94. The first-order valence-electron chi connectivity index (χ1n) is 4.17. The Bertz CT molecular complexity index is 374. The van der Waals surface area contributed by atoms with E-state index in [9.17, 15) is 9.59 Å². The topological polar surface area (TPSA) is 101 Å². The van der Waals surface area contributed by atoms with Crippen LogP contribution in [0.25, 0.3) is 0 Å². The summed E-state index contributed by atoms with van der Waals surface area (Å²) >= 11 is 0. The summed E-state index contributed by atoms with van der Waals surface area (Å²) < 4.78 is 0. The van der Waals surface area contributed by atoms with Gasteiger partial charge in [-0.15, -0.1) is 0 Å². The van der Waals surface area contributed by atoms with E-state index < -0.39 is 11.9 Å². The molecule has 0 spiro atoms. The fourth-order valence-corrected chi connectivity index (χ4v) is 0.985. The molecule has 15 heavy (non-hydrogen) atoms. The average molecular weight is 211 g/mol. The summed E-state index contributed by atoms with van der Waals surface area (Å²) in [7, 11) is 1.50. The number of aromatic carboxylic acids is 2. The van der Waals surface area contributed by atoms with Crippen LogP contribution < -0.4 is 5.73 Å². The third-order valence-electron chi connectivity index (χ3n) is 1.71. The summed E-state index contributed by atoms with van der Waals surface area (Å²) in [5, 5.41) is 17.3. The van der Waals surface area contributed by atoms with Crippen molar-refractivity contribution in [2.75, 3.05) is 7.05 Å². The molecular formula is C10H13NO4. The number of carbonyl (C=O) groups is 2. The molecule has 0 aliphatic heterocycles. The number of aryl methyl sites for hydroxylation is 1. The standard InChI is InChI=1S/C9H8O4.CH5N/c1-5-2-3-6(8(10)11)4-7(5)9(12)13;1-2/h2-4H,1H3,(H,10,11)(H,12,13);2H2,1H3.